The second kappa shape index (κ2) is 7.08. The average Bonchev–Trinajstić information content (AvgIpc) is 3.09. The lowest BCUT2D eigenvalue weighted by Crippen LogP contribution is -2.17. The molecule has 26 heavy (non-hydrogen) atoms. The third-order valence-corrected chi connectivity index (χ3v) is 4.42. The molecule has 0 fully saturated rings. The minimum Gasteiger partial charge on any atom is -0.322 e. The predicted molar refractivity (Wildman–Crippen MR) is 93.5 cm³/mol. The second-order valence-corrected chi connectivity index (χ2v) is 6.38. The van der Waals surface area contributed by atoms with Crippen molar-refractivity contribution in [1.82, 2.24) is 14.8 Å². The summed E-state index contributed by atoms with van der Waals surface area (Å²) in [5.74, 6) is -0.670. The Bertz CT molecular complexity index is 961. The van der Waals surface area contributed by atoms with Gasteiger partial charge in [-0.15, -0.1) is 0 Å². The normalized spacial score (nSPS) is 11.4. The highest BCUT2D eigenvalue weighted by Crippen LogP contribution is 2.36. The molecule has 2 aromatic carbocycles. The summed E-state index contributed by atoms with van der Waals surface area (Å²) in [6.45, 7) is 0. The number of hydrogen-bond donors (Lipinski definition) is 1. The van der Waals surface area contributed by atoms with Gasteiger partial charge >= 0.3 is 6.18 Å². The highest BCUT2D eigenvalue weighted by atomic mass is 79.9. The molecule has 0 radical (unpaired) electrons. The van der Waals surface area contributed by atoms with Crippen LogP contribution in [0.2, 0.25) is 5.02 Å². The van der Waals surface area contributed by atoms with Crippen molar-refractivity contribution in [3.8, 4) is 5.69 Å². The fraction of sp³-hybridized carbons (Fsp3) is 0.0625. The third-order valence-electron chi connectivity index (χ3n) is 3.41. The van der Waals surface area contributed by atoms with Crippen molar-refractivity contribution in [2.75, 3.05) is 5.32 Å². The van der Waals surface area contributed by atoms with E-state index >= 15 is 0 Å². The van der Waals surface area contributed by atoms with Gasteiger partial charge in [-0.3, -0.25) is 4.79 Å². The third kappa shape index (κ3) is 3.73. The highest BCUT2D eigenvalue weighted by Gasteiger charge is 2.33. The number of benzene rings is 2. The maximum absolute atomic E-state index is 13.0. The first-order valence-electron chi connectivity index (χ1n) is 7.09. The van der Waals surface area contributed by atoms with Crippen molar-refractivity contribution in [1.29, 1.82) is 0 Å². The largest absolute Gasteiger partial charge is 0.417 e. The lowest BCUT2D eigenvalue weighted by Gasteiger charge is -2.14. The van der Waals surface area contributed by atoms with E-state index in [-0.39, 0.29) is 20.7 Å². The smallest absolute Gasteiger partial charge is 0.322 e. The van der Waals surface area contributed by atoms with Crippen LogP contribution in [0.25, 0.3) is 5.69 Å². The first-order chi connectivity index (χ1) is 12.3. The van der Waals surface area contributed by atoms with Gasteiger partial charge in [0.1, 0.15) is 12.7 Å². The summed E-state index contributed by atoms with van der Waals surface area (Å²) in [5, 5.41) is 6.51. The SMILES string of the molecule is O=C(Nc1ccc(Br)c(C(F)(F)F)c1)c1c(Cl)cccc1-n1cncn1. The van der Waals surface area contributed by atoms with Crippen LogP contribution in [0.3, 0.4) is 0 Å². The molecule has 1 heterocycles. The van der Waals surface area contributed by atoms with Crippen molar-refractivity contribution in [3.63, 3.8) is 0 Å². The highest BCUT2D eigenvalue weighted by molar-refractivity contribution is 9.10. The number of nitrogens with zero attached hydrogens (tertiary/aromatic N) is 3. The molecule has 10 heteroatoms. The fourth-order valence-electron chi connectivity index (χ4n) is 2.27. The van der Waals surface area contributed by atoms with E-state index in [1.807, 2.05) is 0 Å². The molecule has 0 aliphatic heterocycles. The zero-order valence-electron chi connectivity index (χ0n) is 12.8. The van der Waals surface area contributed by atoms with Crippen molar-refractivity contribution in [2.24, 2.45) is 0 Å². The number of rotatable bonds is 3. The fourth-order valence-corrected chi connectivity index (χ4v) is 3.00. The molecule has 0 saturated carbocycles. The molecular formula is C16H9BrClF3N4O. The quantitative estimate of drug-likeness (QED) is 0.620. The van der Waals surface area contributed by atoms with Crippen LogP contribution >= 0.6 is 27.5 Å². The number of carbonyl (C=O) groups is 1. The first-order valence-corrected chi connectivity index (χ1v) is 8.26. The van der Waals surface area contributed by atoms with Crippen molar-refractivity contribution < 1.29 is 18.0 Å². The van der Waals surface area contributed by atoms with Crippen LogP contribution in [0.5, 0.6) is 0 Å². The molecule has 0 unspecified atom stereocenters. The Balaban J connectivity index is 1.98. The summed E-state index contributed by atoms with van der Waals surface area (Å²) in [6.07, 6.45) is -1.90. The molecule has 0 saturated heterocycles. The maximum atomic E-state index is 13.0. The number of anilines is 1. The maximum Gasteiger partial charge on any atom is 0.417 e. The summed E-state index contributed by atoms with van der Waals surface area (Å²) >= 11 is 8.98. The van der Waals surface area contributed by atoms with Gasteiger partial charge in [0, 0.05) is 10.2 Å². The molecule has 0 aliphatic carbocycles. The van der Waals surface area contributed by atoms with Gasteiger partial charge in [0.2, 0.25) is 0 Å². The minimum absolute atomic E-state index is 0.0185. The van der Waals surface area contributed by atoms with Crippen molar-refractivity contribution >= 4 is 39.1 Å². The Morgan fingerprint density at radius 1 is 1.23 bits per heavy atom. The van der Waals surface area contributed by atoms with Gasteiger partial charge < -0.3 is 5.32 Å². The number of aromatic nitrogens is 3. The standard InChI is InChI=1S/C16H9BrClF3N4O/c17-11-5-4-9(6-10(11)16(19,20)21)24-15(26)14-12(18)2-1-3-13(14)25-8-22-7-23-25/h1-8H,(H,24,26). The minimum atomic E-state index is -4.56. The van der Waals surface area contributed by atoms with Gasteiger partial charge in [-0.25, -0.2) is 9.67 Å². The molecule has 1 aromatic heterocycles. The topological polar surface area (TPSA) is 59.8 Å². The van der Waals surface area contributed by atoms with Crippen LogP contribution in [-0.4, -0.2) is 20.7 Å². The number of carbonyl (C=O) groups excluding carboxylic acids is 1. The number of alkyl halides is 3. The monoisotopic (exact) mass is 444 g/mol. The summed E-state index contributed by atoms with van der Waals surface area (Å²) in [7, 11) is 0. The molecule has 1 N–H and O–H groups in total. The number of amides is 1. The zero-order valence-corrected chi connectivity index (χ0v) is 15.1. The summed E-state index contributed by atoms with van der Waals surface area (Å²) < 4.78 is 40.3. The molecule has 3 rings (SSSR count). The van der Waals surface area contributed by atoms with E-state index in [2.05, 4.69) is 31.3 Å². The molecule has 0 atom stereocenters. The number of hydrogen-bond acceptors (Lipinski definition) is 3. The average molecular weight is 446 g/mol. The number of nitrogens with one attached hydrogen (secondary N) is 1. The van der Waals surface area contributed by atoms with Gasteiger partial charge in [-0.05, 0) is 30.3 Å². The molecule has 5 nitrogen and oxygen atoms in total. The molecule has 3 aromatic rings. The molecule has 134 valence electrons. The summed E-state index contributed by atoms with van der Waals surface area (Å²) in [5.41, 5.74) is -0.502. The molecule has 0 aliphatic rings. The van der Waals surface area contributed by atoms with E-state index in [0.717, 1.165) is 6.07 Å². The van der Waals surface area contributed by atoms with Crippen molar-refractivity contribution in [3.05, 3.63) is 69.7 Å². The Morgan fingerprint density at radius 3 is 2.65 bits per heavy atom. The van der Waals surface area contributed by atoms with Crippen LogP contribution in [0.4, 0.5) is 18.9 Å². The Kier molecular flexibility index (Phi) is 5.01. The Hall–Kier alpha value is -2.39. The van der Waals surface area contributed by atoms with E-state index in [1.165, 1.54) is 35.5 Å². The van der Waals surface area contributed by atoms with E-state index in [1.54, 1.807) is 12.1 Å². The van der Waals surface area contributed by atoms with Gasteiger partial charge in [0.05, 0.1) is 21.8 Å². The number of halogens is 5. The molecule has 1 amide bonds. The van der Waals surface area contributed by atoms with E-state index in [4.69, 9.17) is 11.6 Å². The van der Waals surface area contributed by atoms with E-state index in [0.29, 0.717) is 5.69 Å². The summed E-state index contributed by atoms with van der Waals surface area (Å²) in [4.78, 5) is 16.5. The van der Waals surface area contributed by atoms with Crippen LogP contribution < -0.4 is 5.32 Å². The first kappa shape index (κ1) is 18.4. The predicted octanol–water partition coefficient (Wildman–Crippen LogP) is 4.95. The van der Waals surface area contributed by atoms with Gasteiger partial charge in [-0.2, -0.15) is 18.3 Å². The second-order valence-electron chi connectivity index (χ2n) is 5.12. The molecule has 0 spiro atoms. The Labute approximate surface area is 158 Å². The zero-order chi connectivity index (χ0) is 18.9. The van der Waals surface area contributed by atoms with Gasteiger partial charge in [-0.1, -0.05) is 33.6 Å². The van der Waals surface area contributed by atoms with Crippen molar-refractivity contribution in [2.45, 2.75) is 6.18 Å². The van der Waals surface area contributed by atoms with E-state index in [9.17, 15) is 18.0 Å². The molecular weight excluding hydrogens is 437 g/mol. The Morgan fingerprint density at radius 2 is 2.00 bits per heavy atom. The molecule has 0 bridgehead atoms. The van der Waals surface area contributed by atoms with Crippen LogP contribution in [0.1, 0.15) is 15.9 Å². The van der Waals surface area contributed by atoms with Gasteiger partial charge in [0.25, 0.3) is 5.91 Å². The van der Waals surface area contributed by atoms with Crippen LogP contribution in [0, 0.1) is 0 Å². The van der Waals surface area contributed by atoms with Gasteiger partial charge in [0.15, 0.2) is 0 Å². The van der Waals surface area contributed by atoms with Crippen LogP contribution in [0.15, 0.2) is 53.5 Å². The van der Waals surface area contributed by atoms with Crippen LogP contribution in [-0.2, 0) is 6.18 Å². The summed E-state index contributed by atoms with van der Waals surface area (Å²) in [6, 6.07) is 8.12. The lowest BCUT2D eigenvalue weighted by atomic mass is 10.1. The van der Waals surface area contributed by atoms with E-state index < -0.39 is 17.6 Å². The lowest BCUT2D eigenvalue weighted by molar-refractivity contribution is -0.138.